The number of amides is 2. The van der Waals surface area contributed by atoms with Gasteiger partial charge < -0.3 is 14.5 Å². The number of hydrogen-bond acceptors (Lipinski definition) is 5. The van der Waals surface area contributed by atoms with Gasteiger partial charge in [0.05, 0.1) is 13.2 Å². The summed E-state index contributed by atoms with van der Waals surface area (Å²) >= 11 is 1.75. The molecular formula is C17H23N3O3S. The molecule has 2 aliphatic rings. The fourth-order valence-electron chi connectivity index (χ4n) is 3.03. The normalized spacial score (nSPS) is 21.5. The second kappa shape index (κ2) is 7.90. The van der Waals surface area contributed by atoms with Crippen LogP contribution in [0, 0.1) is 0 Å². The highest BCUT2D eigenvalue weighted by atomic mass is 32.2. The number of thioether (sulfide) groups is 1. The van der Waals surface area contributed by atoms with Crippen LogP contribution in [0.2, 0.25) is 0 Å². The highest BCUT2D eigenvalue weighted by Crippen LogP contribution is 2.16. The molecule has 1 aromatic rings. The Labute approximate surface area is 146 Å². The van der Waals surface area contributed by atoms with Gasteiger partial charge in [-0.25, -0.2) is 0 Å². The standard InChI is InChI=1S/C17H23N3O3S/c1-23-14-5-3-13(4-6-14)16(21)19-7-2-8-20(10-9-19)17(22)15-11-24-12-18-15/h3-6,15,18H,2,7-12H2,1H3. The van der Waals surface area contributed by atoms with Crippen molar-refractivity contribution in [2.45, 2.75) is 12.5 Å². The molecule has 7 heteroatoms. The van der Waals surface area contributed by atoms with Gasteiger partial charge >= 0.3 is 0 Å². The summed E-state index contributed by atoms with van der Waals surface area (Å²) in [6.45, 7) is 2.58. The van der Waals surface area contributed by atoms with Crippen molar-refractivity contribution in [2.24, 2.45) is 0 Å². The Hall–Kier alpha value is -1.73. The molecule has 1 unspecified atom stereocenters. The molecule has 3 rings (SSSR count). The van der Waals surface area contributed by atoms with E-state index in [1.807, 2.05) is 9.80 Å². The van der Waals surface area contributed by atoms with Crippen LogP contribution in [0.5, 0.6) is 5.75 Å². The van der Waals surface area contributed by atoms with E-state index in [-0.39, 0.29) is 17.9 Å². The Balaban J connectivity index is 1.59. The third-order valence-electron chi connectivity index (χ3n) is 4.45. The van der Waals surface area contributed by atoms with E-state index >= 15 is 0 Å². The van der Waals surface area contributed by atoms with Crippen molar-refractivity contribution in [3.05, 3.63) is 29.8 Å². The van der Waals surface area contributed by atoms with E-state index in [4.69, 9.17) is 4.74 Å². The third kappa shape index (κ3) is 3.84. The Bertz CT molecular complexity index is 587. The van der Waals surface area contributed by atoms with Crippen LogP contribution in [0.1, 0.15) is 16.8 Å². The lowest BCUT2D eigenvalue weighted by molar-refractivity contribution is -0.132. The van der Waals surface area contributed by atoms with E-state index in [9.17, 15) is 9.59 Å². The van der Waals surface area contributed by atoms with Gasteiger partial charge in [-0.05, 0) is 30.7 Å². The van der Waals surface area contributed by atoms with Crippen molar-refractivity contribution < 1.29 is 14.3 Å². The molecule has 1 aromatic carbocycles. The van der Waals surface area contributed by atoms with Gasteiger partial charge in [0.2, 0.25) is 5.91 Å². The number of ether oxygens (including phenoxy) is 1. The summed E-state index contributed by atoms with van der Waals surface area (Å²) in [7, 11) is 1.61. The van der Waals surface area contributed by atoms with E-state index in [1.165, 1.54) is 0 Å². The minimum Gasteiger partial charge on any atom is -0.497 e. The van der Waals surface area contributed by atoms with Gasteiger partial charge in [-0.1, -0.05) is 0 Å². The van der Waals surface area contributed by atoms with Crippen LogP contribution in [-0.2, 0) is 4.79 Å². The fraction of sp³-hybridized carbons (Fsp3) is 0.529. The van der Waals surface area contributed by atoms with Crippen LogP contribution in [0.3, 0.4) is 0 Å². The number of hydrogen-bond donors (Lipinski definition) is 1. The topological polar surface area (TPSA) is 61.9 Å². The molecule has 2 saturated heterocycles. The van der Waals surface area contributed by atoms with Gasteiger partial charge in [0, 0.05) is 43.4 Å². The Kier molecular flexibility index (Phi) is 5.63. The molecule has 0 saturated carbocycles. The summed E-state index contributed by atoms with van der Waals surface area (Å²) in [5, 5.41) is 3.22. The zero-order valence-electron chi connectivity index (χ0n) is 13.9. The minimum atomic E-state index is -0.0705. The van der Waals surface area contributed by atoms with E-state index in [1.54, 1.807) is 43.1 Å². The van der Waals surface area contributed by atoms with Gasteiger partial charge in [0.15, 0.2) is 0 Å². The molecule has 6 nitrogen and oxygen atoms in total. The number of nitrogens with zero attached hydrogens (tertiary/aromatic N) is 2. The Morgan fingerprint density at radius 1 is 1.12 bits per heavy atom. The van der Waals surface area contributed by atoms with Gasteiger partial charge in [-0.15, -0.1) is 11.8 Å². The molecule has 24 heavy (non-hydrogen) atoms. The monoisotopic (exact) mass is 349 g/mol. The maximum atomic E-state index is 12.7. The van der Waals surface area contributed by atoms with Gasteiger partial charge in [-0.3, -0.25) is 14.9 Å². The first-order valence-electron chi connectivity index (χ1n) is 8.22. The fourth-order valence-corrected chi connectivity index (χ4v) is 3.96. The summed E-state index contributed by atoms with van der Waals surface area (Å²) in [6, 6.07) is 7.09. The van der Waals surface area contributed by atoms with Crippen LogP contribution >= 0.6 is 11.8 Å². The first kappa shape index (κ1) is 17.1. The van der Waals surface area contributed by atoms with Crippen molar-refractivity contribution in [3.63, 3.8) is 0 Å². The molecule has 2 fully saturated rings. The summed E-state index contributed by atoms with van der Waals surface area (Å²) in [6.07, 6.45) is 0.813. The molecule has 0 bridgehead atoms. The lowest BCUT2D eigenvalue weighted by Gasteiger charge is -2.24. The molecule has 2 amide bonds. The van der Waals surface area contributed by atoms with Gasteiger partial charge in [0.25, 0.3) is 5.91 Å². The average Bonchev–Trinajstić information content (AvgIpc) is 3.05. The van der Waals surface area contributed by atoms with Crippen molar-refractivity contribution in [1.29, 1.82) is 0 Å². The van der Waals surface area contributed by atoms with Crippen LogP contribution in [0.15, 0.2) is 24.3 Å². The SMILES string of the molecule is COc1ccc(C(=O)N2CCCN(C(=O)C3CSCN3)CC2)cc1. The van der Waals surface area contributed by atoms with E-state index < -0.39 is 0 Å². The Morgan fingerprint density at radius 2 is 1.83 bits per heavy atom. The summed E-state index contributed by atoms with van der Waals surface area (Å²) in [5.41, 5.74) is 0.657. The number of benzene rings is 1. The lowest BCUT2D eigenvalue weighted by Crippen LogP contribution is -2.46. The quantitative estimate of drug-likeness (QED) is 0.883. The highest BCUT2D eigenvalue weighted by molar-refractivity contribution is 7.99. The van der Waals surface area contributed by atoms with Crippen molar-refractivity contribution in [2.75, 3.05) is 44.9 Å². The summed E-state index contributed by atoms with van der Waals surface area (Å²) < 4.78 is 5.13. The van der Waals surface area contributed by atoms with Crippen molar-refractivity contribution >= 4 is 23.6 Å². The predicted octanol–water partition coefficient (Wildman–Crippen LogP) is 1.03. The summed E-state index contributed by atoms with van der Waals surface area (Å²) in [5.74, 6) is 2.59. The van der Waals surface area contributed by atoms with E-state index in [2.05, 4.69) is 5.32 Å². The molecule has 1 atom stereocenters. The largest absolute Gasteiger partial charge is 0.497 e. The smallest absolute Gasteiger partial charge is 0.253 e. The van der Waals surface area contributed by atoms with E-state index in [0.29, 0.717) is 31.7 Å². The number of methoxy groups -OCH3 is 1. The van der Waals surface area contributed by atoms with Gasteiger partial charge in [-0.2, -0.15) is 0 Å². The van der Waals surface area contributed by atoms with Crippen molar-refractivity contribution in [3.8, 4) is 5.75 Å². The van der Waals surface area contributed by atoms with Crippen molar-refractivity contribution in [1.82, 2.24) is 15.1 Å². The molecule has 1 N–H and O–H groups in total. The molecule has 130 valence electrons. The average molecular weight is 349 g/mol. The second-order valence-electron chi connectivity index (χ2n) is 5.97. The lowest BCUT2D eigenvalue weighted by atomic mass is 10.2. The Morgan fingerprint density at radius 3 is 2.50 bits per heavy atom. The molecular weight excluding hydrogens is 326 g/mol. The predicted molar refractivity (Wildman–Crippen MR) is 94.3 cm³/mol. The van der Waals surface area contributed by atoms with E-state index in [0.717, 1.165) is 23.8 Å². The van der Waals surface area contributed by atoms with Crippen LogP contribution < -0.4 is 10.1 Å². The maximum absolute atomic E-state index is 12.7. The zero-order chi connectivity index (χ0) is 16.9. The number of carbonyl (C=O) groups excluding carboxylic acids is 2. The van der Waals surface area contributed by atoms with Crippen LogP contribution in [0.25, 0.3) is 0 Å². The summed E-state index contributed by atoms with van der Waals surface area (Å²) in [4.78, 5) is 28.9. The third-order valence-corrected chi connectivity index (χ3v) is 5.39. The molecule has 0 aromatic heterocycles. The van der Waals surface area contributed by atoms with Crippen LogP contribution in [0.4, 0.5) is 0 Å². The van der Waals surface area contributed by atoms with Gasteiger partial charge in [0.1, 0.15) is 5.75 Å². The minimum absolute atomic E-state index is 0.0153. The first-order chi connectivity index (χ1) is 11.7. The molecule has 0 radical (unpaired) electrons. The number of rotatable bonds is 3. The highest BCUT2D eigenvalue weighted by Gasteiger charge is 2.29. The second-order valence-corrected chi connectivity index (χ2v) is 7.00. The molecule has 2 heterocycles. The molecule has 2 aliphatic heterocycles. The molecule has 0 aliphatic carbocycles. The molecule has 0 spiro atoms. The first-order valence-corrected chi connectivity index (χ1v) is 9.38. The maximum Gasteiger partial charge on any atom is 0.253 e. The number of carbonyl (C=O) groups is 2. The van der Waals surface area contributed by atoms with Crippen LogP contribution in [-0.4, -0.2) is 72.6 Å². The zero-order valence-corrected chi connectivity index (χ0v) is 14.7. The number of nitrogens with one attached hydrogen (secondary N) is 1.